The molecule has 0 aliphatic carbocycles. The highest BCUT2D eigenvalue weighted by Gasteiger charge is 2.52. The van der Waals surface area contributed by atoms with E-state index in [4.69, 9.17) is 19.9 Å². The molecule has 3 aliphatic rings. The lowest BCUT2D eigenvalue weighted by molar-refractivity contribution is -0.135. The Kier molecular flexibility index (Phi) is 6.38. The lowest BCUT2D eigenvalue weighted by Gasteiger charge is -2.42. The molecule has 4 N–H and O–H groups in total. The first kappa shape index (κ1) is 27.0. The van der Waals surface area contributed by atoms with Crippen LogP contribution in [0.1, 0.15) is 74.6 Å². The third-order valence-corrected chi connectivity index (χ3v) is 7.64. The lowest BCUT2D eigenvalue weighted by Crippen LogP contribution is -2.57. The highest BCUT2D eigenvalue weighted by molar-refractivity contribution is 6.00. The average molecular weight is 537 g/mol. The molecule has 0 spiro atoms. The molecule has 10 heteroatoms. The molecule has 39 heavy (non-hydrogen) atoms. The van der Waals surface area contributed by atoms with Gasteiger partial charge in [-0.3, -0.25) is 14.5 Å². The molecule has 0 fully saturated rings. The number of carbonyl (C=O) groups excluding carboxylic acids is 2. The van der Waals surface area contributed by atoms with Crippen LogP contribution in [0.5, 0.6) is 11.5 Å². The van der Waals surface area contributed by atoms with Crippen LogP contribution in [0.25, 0.3) is 0 Å². The molecule has 10 nitrogen and oxygen atoms in total. The van der Waals surface area contributed by atoms with E-state index in [0.717, 1.165) is 0 Å². The number of nitrogens with zero attached hydrogens (tertiary/aromatic N) is 2. The summed E-state index contributed by atoms with van der Waals surface area (Å²) in [5.41, 5.74) is 5.51. The topological polar surface area (TPSA) is 136 Å². The maximum Gasteiger partial charge on any atom is 0.251 e. The Hall–Kier alpha value is -3.63. The minimum atomic E-state index is -0.989. The highest BCUT2D eigenvalue weighted by atomic mass is 16.5. The van der Waals surface area contributed by atoms with Crippen LogP contribution >= 0.6 is 0 Å². The van der Waals surface area contributed by atoms with E-state index in [9.17, 15) is 14.7 Å². The van der Waals surface area contributed by atoms with Gasteiger partial charge in [0, 0.05) is 23.8 Å². The lowest BCUT2D eigenvalue weighted by atomic mass is 9.86. The number of aliphatic imine (C=N–C) groups is 1. The average Bonchev–Trinajstić information content (AvgIpc) is 3.11. The summed E-state index contributed by atoms with van der Waals surface area (Å²) in [6, 6.07) is 11.1. The van der Waals surface area contributed by atoms with Crippen LogP contribution < -0.4 is 20.5 Å². The fraction of sp³-hybridized carbons (Fsp3) is 0.483. The van der Waals surface area contributed by atoms with Crippen LogP contribution in [0.2, 0.25) is 0 Å². The Bertz CT molecular complexity index is 1360. The predicted octanol–water partition coefficient (Wildman–Crippen LogP) is 2.85. The molecule has 0 saturated carbocycles. The Labute approximate surface area is 228 Å². The molecule has 2 amide bonds. The molecule has 0 saturated heterocycles. The van der Waals surface area contributed by atoms with E-state index in [1.807, 2.05) is 45.0 Å². The van der Waals surface area contributed by atoms with Crippen molar-refractivity contribution in [3.8, 4) is 11.5 Å². The number of ether oxygens (including phenoxy) is 3. The van der Waals surface area contributed by atoms with Crippen molar-refractivity contribution in [3.63, 3.8) is 0 Å². The van der Waals surface area contributed by atoms with Gasteiger partial charge in [-0.25, -0.2) is 4.99 Å². The number of hydrogen-bond acceptors (Lipinski definition) is 8. The zero-order valence-electron chi connectivity index (χ0n) is 23.1. The number of rotatable bonds is 5. The molecule has 5 rings (SSSR count). The number of para-hydroxylation sites is 1. The first-order chi connectivity index (χ1) is 18.3. The normalized spacial score (nSPS) is 28.5. The predicted molar refractivity (Wildman–Crippen MR) is 145 cm³/mol. The number of methoxy groups -OCH3 is 1. The third kappa shape index (κ3) is 4.61. The molecule has 3 heterocycles. The quantitative estimate of drug-likeness (QED) is 0.535. The van der Waals surface area contributed by atoms with Crippen LogP contribution in [-0.2, 0) is 9.53 Å². The summed E-state index contributed by atoms with van der Waals surface area (Å²) in [5.74, 6) is 0.659. The molecule has 0 radical (unpaired) electrons. The maximum atomic E-state index is 13.6. The summed E-state index contributed by atoms with van der Waals surface area (Å²) in [6.45, 7) is 9.30. The van der Waals surface area contributed by atoms with Gasteiger partial charge in [-0.2, -0.15) is 0 Å². The van der Waals surface area contributed by atoms with Gasteiger partial charge in [-0.05, 0) is 58.9 Å². The van der Waals surface area contributed by atoms with E-state index in [1.165, 1.54) is 4.90 Å². The van der Waals surface area contributed by atoms with Gasteiger partial charge in [0.15, 0.2) is 11.6 Å². The number of nitrogens with one attached hydrogen (secondary N) is 1. The second-order valence-electron chi connectivity index (χ2n) is 11.9. The van der Waals surface area contributed by atoms with Crippen LogP contribution in [0.15, 0.2) is 47.5 Å². The molecular weight excluding hydrogens is 500 g/mol. The standard InChI is InChI=1S/C29H36N4O6/c1-27(2)14-21(34)33(26(30)32-27)23-18-13-16(11-12-20(18)39-29(23,5)15-37-6)25(36)31-22-17-9-7-8-10-19(17)38-28(3,4)24(22)35/h7-13,22-24,35H,14-15H2,1-6H3,(H2,30,32)(H,31,36)/t22-,23?,24+,29?/m1/s1. The van der Waals surface area contributed by atoms with E-state index in [2.05, 4.69) is 10.3 Å². The van der Waals surface area contributed by atoms with Crippen LogP contribution in [-0.4, -0.2) is 64.3 Å². The molecular formula is C29H36N4O6. The van der Waals surface area contributed by atoms with Gasteiger partial charge in [-0.1, -0.05) is 18.2 Å². The van der Waals surface area contributed by atoms with Crippen molar-refractivity contribution in [2.75, 3.05) is 13.7 Å². The minimum absolute atomic E-state index is 0.0963. The molecule has 0 aromatic heterocycles. The van der Waals surface area contributed by atoms with Gasteiger partial charge < -0.3 is 30.4 Å². The fourth-order valence-electron chi connectivity index (χ4n) is 5.83. The molecule has 2 unspecified atom stereocenters. The molecule has 2 aromatic rings. The molecule has 0 bridgehead atoms. The van der Waals surface area contributed by atoms with E-state index in [0.29, 0.717) is 28.2 Å². The highest BCUT2D eigenvalue weighted by Crippen LogP contribution is 2.48. The van der Waals surface area contributed by atoms with E-state index in [1.54, 1.807) is 39.2 Å². The maximum absolute atomic E-state index is 13.6. The van der Waals surface area contributed by atoms with Crippen LogP contribution in [0.4, 0.5) is 0 Å². The van der Waals surface area contributed by atoms with Gasteiger partial charge >= 0.3 is 0 Å². The van der Waals surface area contributed by atoms with Crippen molar-refractivity contribution in [2.45, 2.75) is 76.0 Å². The zero-order chi connectivity index (χ0) is 28.3. The van der Waals surface area contributed by atoms with E-state index >= 15 is 0 Å². The van der Waals surface area contributed by atoms with Gasteiger partial charge in [0.1, 0.15) is 29.2 Å². The summed E-state index contributed by atoms with van der Waals surface area (Å²) in [7, 11) is 1.56. The van der Waals surface area contributed by atoms with Crippen molar-refractivity contribution < 1.29 is 28.9 Å². The third-order valence-electron chi connectivity index (χ3n) is 7.64. The number of hydrogen-bond donors (Lipinski definition) is 3. The number of guanidine groups is 1. The van der Waals surface area contributed by atoms with Crippen LogP contribution in [0, 0.1) is 0 Å². The number of amides is 2. The van der Waals surface area contributed by atoms with Crippen molar-refractivity contribution in [3.05, 3.63) is 59.2 Å². The molecule has 2 aromatic carbocycles. The second kappa shape index (κ2) is 9.24. The zero-order valence-corrected chi connectivity index (χ0v) is 23.1. The minimum Gasteiger partial charge on any atom is -0.485 e. The molecule has 4 atom stereocenters. The summed E-state index contributed by atoms with van der Waals surface area (Å²) in [6.07, 6.45) is -0.809. The van der Waals surface area contributed by atoms with Gasteiger partial charge in [0.2, 0.25) is 5.91 Å². The molecule has 208 valence electrons. The Morgan fingerprint density at radius 1 is 1.13 bits per heavy atom. The first-order valence-electron chi connectivity index (χ1n) is 13.0. The monoisotopic (exact) mass is 536 g/mol. The number of aliphatic hydroxyl groups is 1. The summed E-state index contributed by atoms with van der Waals surface area (Å²) in [4.78, 5) is 33.0. The van der Waals surface area contributed by atoms with E-state index in [-0.39, 0.29) is 30.8 Å². The van der Waals surface area contributed by atoms with Gasteiger partial charge in [0.05, 0.1) is 24.6 Å². The van der Waals surface area contributed by atoms with Gasteiger partial charge in [-0.15, -0.1) is 0 Å². The smallest absolute Gasteiger partial charge is 0.251 e. The van der Waals surface area contributed by atoms with Gasteiger partial charge in [0.25, 0.3) is 5.91 Å². The number of fused-ring (bicyclic) bond motifs is 2. The second-order valence-corrected chi connectivity index (χ2v) is 11.9. The fourth-order valence-corrected chi connectivity index (χ4v) is 5.83. The Morgan fingerprint density at radius 2 is 1.82 bits per heavy atom. The Morgan fingerprint density at radius 3 is 2.51 bits per heavy atom. The Balaban J connectivity index is 1.51. The van der Waals surface area contributed by atoms with Crippen molar-refractivity contribution >= 4 is 17.8 Å². The molecule has 3 aliphatic heterocycles. The number of carbonyl (C=O) groups is 2. The number of nitrogens with two attached hydrogens (primary N) is 1. The summed E-state index contributed by atoms with van der Waals surface area (Å²) < 4.78 is 17.8. The number of benzene rings is 2. The first-order valence-corrected chi connectivity index (χ1v) is 13.0. The van der Waals surface area contributed by atoms with Crippen molar-refractivity contribution in [1.29, 1.82) is 0 Å². The van der Waals surface area contributed by atoms with Crippen molar-refractivity contribution in [2.24, 2.45) is 10.7 Å². The van der Waals surface area contributed by atoms with Crippen molar-refractivity contribution in [1.82, 2.24) is 10.2 Å². The summed E-state index contributed by atoms with van der Waals surface area (Å²) >= 11 is 0. The van der Waals surface area contributed by atoms with Crippen LogP contribution in [0.3, 0.4) is 0 Å². The SMILES string of the molecule is COCC1(C)Oc2ccc(C(=O)N[C@@H]3c4ccccc4OC(C)(C)[C@H]3O)cc2C1N1C(=O)CC(C)(C)N=C1N. The largest absolute Gasteiger partial charge is 0.485 e. The summed E-state index contributed by atoms with van der Waals surface area (Å²) in [5, 5.41) is 14.1. The van der Waals surface area contributed by atoms with E-state index < -0.39 is 34.9 Å². The number of aliphatic hydroxyl groups excluding tert-OH is 1.